The van der Waals surface area contributed by atoms with Gasteiger partial charge in [-0.05, 0) is 70.5 Å². The highest BCUT2D eigenvalue weighted by molar-refractivity contribution is 5.94. The first-order valence-electron chi connectivity index (χ1n) is 9.31. The van der Waals surface area contributed by atoms with Gasteiger partial charge in [0.1, 0.15) is 5.56 Å². The molecule has 0 spiro atoms. The van der Waals surface area contributed by atoms with Crippen LogP contribution in [0.2, 0.25) is 0 Å². The summed E-state index contributed by atoms with van der Waals surface area (Å²) in [6.45, 7) is 10.0. The first-order chi connectivity index (χ1) is 13.3. The fourth-order valence-electron chi connectivity index (χ4n) is 2.54. The summed E-state index contributed by atoms with van der Waals surface area (Å²) in [4.78, 5) is 24.6. The van der Waals surface area contributed by atoms with Gasteiger partial charge in [0.25, 0.3) is 11.5 Å². The van der Waals surface area contributed by atoms with Crippen LogP contribution < -0.4 is 20.5 Å². The average Bonchev–Trinajstić information content (AvgIpc) is 2.63. The standard InChI is InChI=1S/C21H27N3O4/c1-6-27-19-12-16(9-10-18(19)28-15(4)5)13-22-23-20(25)17-8-7-11-24(14(2)3)21(17)26/h7-15H,6H2,1-5H3,(H,23,25)/b22-13-. The maximum absolute atomic E-state index is 12.3. The predicted octanol–water partition coefficient (Wildman–Crippen LogP) is 3.38. The van der Waals surface area contributed by atoms with Crippen LogP contribution in [0.4, 0.5) is 0 Å². The minimum Gasteiger partial charge on any atom is -0.490 e. The van der Waals surface area contributed by atoms with Crippen LogP contribution in [0.15, 0.2) is 46.4 Å². The lowest BCUT2D eigenvalue weighted by Gasteiger charge is -2.14. The Kier molecular flexibility index (Phi) is 7.37. The van der Waals surface area contributed by atoms with E-state index < -0.39 is 5.91 Å². The van der Waals surface area contributed by atoms with Crippen molar-refractivity contribution in [2.24, 2.45) is 5.10 Å². The van der Waals surface area contributed by atoms with Crippen molar-refractivity contribution < 1.29 is 14.3 Å². The lowest BCUT2D eigenvalue weighted by molar-refractivity contribution is 0.0953. The van der Waals surface area contributed by atoms with Crippen molar-refractivity contribution in [1.82, 2.24) is 9.99 Å². The van der Waals surface area contributed by atoms with E-state index in [0.29, 0.717) is 18.1 Å². The number of amides is 1. The van der Waals surface area contributed by atoms with Crippen molar-refractivity contribution >= 4 is 12.1 Å². The first-order valence-corrected chi connectivity index (χ1v) is 9.31. The van der Waals surface area contributed by atoms with Gasteiger partial charge < -0.3 is 14.0 Å². The normalized spacial score (nSPS) is 11.2. The number of carbonyl (C=O) groups excluding carboxylic acids is 1. The second kappa shape index (κ2) is 9.73. The molecule has 1 amide bonds. The van der Waals surface area contributed by atoms with Crippen LogP contribution in [0.3, 0.4) is 0 Å². The summed E-state index contributed by atoms with van der Waals surface area (Å²) in [5, 5.41) is 3.96. The fourth-order valence-corrected chi connectivity index (χ4v) is 2.54. The molecule has 150 valence electrons. The molecule has 28 heavy (non-hydrogen) atoms. The molecule has 1 N–H and O–H groups in total. The Morgan fingerprint density at radius 2 is 1.96 bits per heavy atom. The van der Waals surface area contributed by atoms with E-state index in [-0.39, 0.29) is 23.3 Å². The highest BCUT2D eigenvalue weighted by Gasteiger charge is 2.13. The lowest BCUT2D eigenvalue weighted by Crippen LogP contribution is -2.31. The summed E-state index contributed by atoms with van der Waals surface area (Å²) >= 11 is 0. The molecular weight excluding hydrogens is 358 g/mol. The third-order valence-electron chi connectivity index (χ3n) is 3.79. The van der Waals surface area contributed by atoms with E-state index in [1.807, 2.05) is 40.7 Å². The number of hydrogen-bond acceptors (Lipinski definition) is 5. The zero-order chi connectivity index (χ0) is 20.7. The zero-order valence-electron chi connectivity index (χ0n) is 16.9. The number of nitrogens with zero attached hydrogens (tertiary/aromatic N) is 2. The Morgan fingerprint density at radius 3 is 2.61 bits per heavy atom. The number of pyridine rings is 1. The summed E-state index contributed by atoms with van der Waals surface area (Å²) in [7, 11) is 0. The molecule has 0 saturated carbocycles. The average molecular weight is 385 g/mol. The van der Waals surface area contributed by atoms with E-state index in [9.17, 15) is 9.59 Å². The molecule has 0 aliphatic heterocycles. The molecule has 2 rings (SSSR count). The lowest BCUT2D eigenvalue weighted by atomic mass is 10.2. The molecule has 0 unspecified atom stereocenters. The van der Waals surface area contributed by atoms with Crippen molar-refractivity contribution in [3.05, 3.63) is 58.0 Å². The third kappa shape index (κ3) is 5.45. The van der Waals surface area contributed by atoms with Crippen LogP contribution in [0.5, 0.6) is 11.5 Å². The molecule has 0 atom stereocenters. The van der Waals surface area contributed by atoms with Gasteiger partial charge in [0.2, 0.25) is 0 Å². The Labute approximate surface area is 165 Å². The van der Waals surface area contributed by atoms with Crippen LogP contribution >= 0.6 is 0 Å². The van der Waals surface area contributed by atoms with E-state index in [1.54, 1.807) is 24.4 Å². The van der Waals surface area contributed by atoms with E-state index in [0.717, 1.165) is 5.56 Å². The molecule has 1 aromatic carbocycles. The fraction of sp³-hybridized carbons (Fsp3) is 0.381. The highest BCUT2D eigenvalue weighted by atomic mass is 16.5. The smallest absolute Gasteiger partial charge is 0.276 e. The maximum Gasteiger partial charge on any atom is 0.276 e. The number of benzene rings is 1. The molecule has 2 aromatic rings. The molecule has 0 bridgehead atoms. The Bertz CT molecular complexity index is 901. The minimum absolute atomic E-state index is 0.0266. The minimum atomic E-state index is -0.555. The zero-order valence-corrected chi connectivity index (χ0v) is 16.9. The van der Waals surface area contributed by atoms with Crippen molar-refractivity contribution in [2.75, 3.05) is 6.61 Å². The molecule has 0 radical (unpaired) electrons. The monoisotopic (exact) mass is 385 g/mol. The van der Waals surface area contributed by atoms with Gasteiger partial charge in [-0.25, -0.2) is 5.43 Å². The number of hydrazone groups is 1. The number of rotatable bonds is 8. The quantitative estimate of drug-likeness (QED) is 0.558. The molecule has 7 nitrogen and oxygen atoms in total. The van der Waals surface area contributed by atoms with Gasteiger partial charge in [-0.1, -0.05) is 0 Å². The van der Waals surface area contributed by atoms with Crippen LogP contribution in [0, 0.1) is 0 Å². The summed E-state index contributed by atoms with van der Waals surface area (Å²) in [6, 6.07) is 8.51. The summed E-state index contributed by atoms with van der Waals surface area (Å²) in [5.41, 5.74) is 2.82. The summed E-state index contributed by atoms with van der Waals surface area (Å²) in [6.07, 6.45) is 3.17. The maximum atomic E-state index is 12.3. The van der Waals surface area contributed by atoms with Crippen LogP contribution in [0.1, 0.15) is 56.6 Å². The Morgan fingerprint density at radius 1 is 1.21 bits per heavy atom. The number of hydrogen-bond donors (Lipinski definition) is 1. The molecule has 1 heterocycles. The SMILES string of the molecule is CCOc1cc(/C=N\NC(=O)c2cccn(C(C)C)c2=O)ccc1OC(C)C. The van der Waals surface area contributed by atoms with Crippen molar-refractivity contribution in [3.63, 3.8) is 0 Å². The predicted molar refractivity (Wildman–Crippen MR) is 110 cm³/mol. The van der Waals surface area contributed by atoms with E-state index in [4.69, 9.17) is 9.47 Å². The first kappa shape index (κ1) is 21.2. The molecule has 1 aromatic heterocycles. The second-order valence-corrected chi connectivity index (χ2v) is 6.73. The van der Waals surface area contributed by atoms with Gasteiger partial charge in [-0.15, -0.1) is 0 Å². The molecule has 0 aliphatic carbocycles. The summed E-state index contributed by atoms with van der Waals surface area (Å²) in [5.74, 6) is 0.701. The number of nitrogens with one attached hydrogen (secondary N) is 1. The van der Waals surface area contributed by atoms with E-state index >= 15 is 0 Å². The van der Waals surface area contributed by atoms with E-state index in [1.165, 1.54) is 16.8 Å². The van der Waals surface area contributed by atoms with Gasteiger partial charge >= 0.3 is 0 Å². The van der Waals surface area contributed by atoms with Gasteiger partial charge in [0, 0.05) is 12.2 Å². The van der Waals surface area contributed by atoms with Crippen LogP contribution in [0.25, 0.3) is 0 Å². The highest BCUT2D eigenvalue weighted by Crippen LogP contribution is 2.28. The van der Waals surface area contributed by atoms with E-state index in [2.05, 4.69) is 10.5 Å². The van der Waals surface area contributed by atoms with Gasteiger partial charge in [-0.3, -0.25) is 9.59 Å². The van der Waals surface area contributed by atoms with Crippen LogP contribution in [-0.4, -0.2) is 29.4 Å². The van der Waals surface area contributed by atoms with Crippen LogP contribution in [-0.2, 0) is 0 Å². The van der Waals surface area contributed by atoms with Gasteiger partial charge in [0.15, 0.2) is 11.5 Å². The molecule has 7 heteroatoms. The Hall–Kier alpha value is -3.09. The molecular formula is C21H27N3O4. The number of carbonyl (C=O) groups is 1. The van der Waals surface area contributed by atoms with Crippen molar-refractivity contribution in [1.29, 1.82) is 0 Å². The summed E-state index contributed by atoms with van der Waals surface area (Å²) < 4.78 is 12.8. The molecule has 0 saturated heterocycles. The molecule has 0 fully saturated rings. The third-order valence-corrected chi connectivity index (χ3v) is 3.79. The largest absolute Gasteiger partial charge is 0.490 e. The Balaban J connectivity index is 2.14. The second-order valence-electron chi connectivity index (χ2n) is 6.73. The van der Waals surface area contributed by atoms with Crippen molar-refractivity contribution in [2.45, 2.75) is 46.8 Å². The topological polar surface area (TPSA) is 81.9 Å². The number of aromatic nitrogens is 1. The molecule has 0 aliphatic rings. The van der Waals surface area contributed by atoms with Gasteiger partial charge in [0.05, 0.1) is 18.9 Å². The van der Waals surface area contributed by atoms with Gasteiger partial charge in [-0.2, -0.15) is 5.10 Å². The number of ether oxygens (including phenoxy) is 2. The van der Waals surface area contributed by atoms with Crippen molar-refractivity contribution in [3.8, 4) is 11.5 Å².